The maximum atomic E-state index is 11.5. The Morgan fingerprint density at radius 1 is 1.24 bits per heavy atom. The van der Waals surface area contributed by atoms with Crippen LogP contribution in [0.25, 0.3) is 0 Å². The van der Waals surface area contributed by atoms with Crippen LogP contribution in [0.4, 0.5) is 0 Å². The van der Waals surface area contributed by atoms with E-state index in [2.05, 4.69) is 5.10 Å². The lowest BCUT2D eigenvalue weighted by Gasteiger charge is -2.04. The zero-order valence-electron chi connectivity index (χ0n) is 9.01. The molecule has 0 amide bonds. The summed E-state index contributed by atoms with van der Waals surface area (Å²) < 4.78 is 1.24. The van der Waals surface area contributed by atoms with Crippen molar-refractivity contribution in [2.75, 3.05) is 0 Å². The molecule has 1 aromatic carbocycles. The van der Waals surface area contributed by atoms with Crippen LogP contribution in [0, 0.1) is 0 Å². The van der Waals surface area contributed by atoms with Crippen molar-refractivity contribution >= 4 is 11.6 Å². The summed E-state index contributed by atoms with van der Waals surface area (Å²) >= 11 is 5.77. The van der Waals surface area contributed by atoms with Gasteiger partial charge in [-0.3, -0.25) is 4.79 Å². The number of benzene rings is 1. The van der Waals surface area contributed by atoms with Crippen LogP contribution in [0.2, 0.25) is 5.02 Å². The highest BCUT2D eigenvalue weighted by Gasteiger charge is 2.02. The van der Waals surface area contributed by atoms with E-state index >= 15 is 0 Å². The number of hydrogen-bond acceptors (Lipinski definition) is 3. The van der Waals surface area contributed by atoms with Gasteiger partial charge in [-0.2, -0.15) is 5.10 Å². The minimum atomic E-state index is -0.471. The van der Waals surface area contributed by atoms with Crippen LogP contribution in [0.3, 0.4) is 0 Å². The number of nitrogens with zero attached hydrogens (tertiary/aromatic N) is 2. The Morgan fingerprint density at radius 2 is 1.94 bits per heavy atom. The minimum Gasteiger partial charge on any atom is -0.503 e. The topological polar surface area (TPSA) is 55.1 Å². The molecule has 0 unspecified atom stereocenters. The lowest BCUT2D eigenvalue weighted by molar-refractivity contribution is 0.444. The van der Waals surface area contributed by atoms with E-state index in [0.29, 0.717) is 18.0 Å². The molecular weight excluding hydrogens is 240 g/mol. The third-order valence-corrected chi connectivity index (χ3v) is 2.67. The number of aromatic hydroxyl groups is 1. The molecular formula is C12H11ClN2O2. The van der Waals surface area contributed by atoms with Gasteiger partial charge in [-0.05, 0) is 24.1 Å². The molecule has 2 aromatic rings. The Balaban J connectivity index is 2.10. The fraction of sp³-hybridized carbons (Fsp3) is 0.167. The van der Waals surface area contributed by atoms with Crippen LogP contribution < -0.4 is 5.56 Å². The number of rotatable bonds is 3. The van der Waals surface area contributed by atoms with Crippen LogP contribution in [0.1, 0.15) is 5.56 Å². The average molecular weight is 251 g/mol. The predicted octanol–water partition coefficient (Wildman–Crippen LogP) is 1.84. The molecule has 0 saturated heterocycles. The van der Waals surface area contributed by atoms with Gasteiger partial charge in [0.05, 0.1) is 6.20 Å². The van der Waals surface area contributed by atoms with Crippen molar-refractivity contribution in [2.45, 2.75) is 13.0 Å². The van der Waals surface area contributed by atoms with E-state index in [4.69, 9.17) is 11.6 Å². The molecule has 1 aromatic heterocycles. The van der Waals surface area contributed by atoms with Gasteiger partial charge >= 0.3 is 5.56 Å². The van der Waals surface area contributed by atoms with Crippen molar-refractivity contribution in [2.24, 2.45) is 0 Å². The van der Waals surface area contributed by atoms with Gasteiger partial charge in [-0.1, -0.05) is 23.7 Å². The van der Waals surface area contributed by atoms with Crippen molar-refractivity contribution in [3.63, 3.8) is 0 Å². The zero-order chi connectivity index (χ0) is 12.3. The molecule has 0 fully saturated rings. The lowest BCUT2D eigenvalue weighted by Crippen LogP contribution is -2.22. The first kappa shape index (κ1) is 11.7. The second-order valence-electron chi connectivity index (χ2n) is 3.62. The number of aryl methyl sites for hydroxylation is 2. The van der Waals surface area contributed by atoms with Gasteiger partial charge in [0.2, 0.25) is 0 Å². The Labute approximate surface area is 103 Å². The van der Waals surface area contributed by atoms with Gasteiger partial charge in [-0.25, -0.2) is 4.68 Å². The van der Waals surface area contributed by atoms with E-state index in [0.717, 1.165) is 5.56 Å². The van der Waals surface area contributed by atoms with E-state index in [9.17, 15) is 9.90 Å². The van der Waals surface area contributed by atoms with E-state index in [1.54, 1.807) is 12.1 Å². The van der Waals surface area contributed by atoms with Gasteiger partial charge in [0.15, 0.2) is 5.75 Å². The van der Waals surface area contributed by atoms with E-state index in [1.807, 2.05) is 12.1 Å². The highest BCUT2D eigenvalue weighted by Crippen LogP contribution is 2.10. The monoisotopic (exact) mass is 250 g/mol. The molecule has 0 aliphatic rings. The predicted molar refractivity (Wildman–Crippen MR) is 65.3 cm³/mol. The summed E-state index contributed by atoms with van der Waals surface area (Å²) in [4.78, 5) is 11.5. The molecule has 0 atom stereocenters. The van der Waals surface area contributed by atoms with Crippen LogP contribution in [-0.4, -0.2) is 14.9 Å². The Hall–Kier alpha value is -1.81. The fourth-order valence-electron chi connectivity index (χ4n) is 1.49. The minimum absolute atomic E-state index is 0.281. The molecule has 17 heavy (non-hydrogen) atoms. The second kappa shape index (κ2) is 5.01. The summed E-state index contributed by atoms with van der Waals surface area (Å²) in [7, 11) is 0. The molecule has 0 aliphatic heterocycles. The maximum absolute atomic E-state index is 11.5. The van der Waals surface area contributed by atoms with Crippen LogP contribution in [0.5, 0.6) is 5.75 Å². The van der Waals surface area contributed by atoms with Crippen molar-refractivity contribution in [1.29, 1.82) is 0 Å². The summed E-state index contributed by atoms with van der Waals surface area (Å²) in [5.74, 6) is -0.281. The number of halogens is 1. The summed E-state index contributed by atoms with van der Waals surface area (Å²) in [6, 6.07) is 8.68. The van der Waals surface area contributed by atoms with Crippen LogP contribution in [0.15, 0.2) is 41.3 Å². The third kappa shape index (κ3) is 2.85. The van der Waals surface area contributed by atoms with Crippen molar-refractivity contribution in [3.05, 3.63) is 57.5 Å². The molecule has 0 bridgehead atoms. The highest BCUT2D eigenvalue weighted by atomic mass is 35.5. The fourth-order valence-corrected chi connectivity index (χ4v) is 1.61. The van der Waals surface area contributed by atoms with Gasteiger partial charge in [-0.15, -0.1) is 0 Å². The summed E-state index contributed by atoms with van der Waals surface area (Å²) in [5, 5.41) is 13.8. The summed E-state index contributed by atoms with van der Waals surface area (Å²) in [6.07, 6.45) is 2.06. The molecule has 0 saturated carbocycles. The van der Waals surface area contributed by atoms with E-state index in [-0.39, 0.29) is 5.75 Å². The molecule has 2 rings (SSSR count). The van der Waals surface area contributed by atoms with Gasteiger partial charge in [0, 0.05) is 17.6 Å². The third-order valence-electron chi connectivity index (χ3n) is 2.42. The van der Waals surface area contributed by atoms with E-state index < -0.39 is 5.56 Å². The summed E-state index contributed by atoms with van der Waals surface area (Å²) in [5.41, 5.74) is 0.591. The molecule has 0 spiro atoms. The Bertz CT molecular complexity index is 563. The lowest BCUT2D eigenvalue weighted by atomic mass is 10.1. The Morgan fingerprint density at radius 3 is 2.65 bits per heavy atom. The number of hydrogen-bond donors (Lipinski definition) is 1. The highest BCUT2D eigenvalue weighted by molar-refractivity contribution is 6.30. The molecule has 88 valence electrons. The Kier molecular flexibility index (Phi) is 3.44. The van der Waals surface area contributed by atoms with Crippen molar-refractivity contribution < 1.29 is 5.11 Å². The van der Waals surface area contributed by atoms with E-state index in [1.165, 1.54) is 16.9 Å². The normalized spacial score (nSPS) is 10.4. The standard InChI is InChI=1S/C12H11ClN2O2/c13-10-3-1-9(2-4-10)6-8-15-12(17)11(16)5-7-14-15/h1-5,7,16H,6,8H2. The smallest absolute Gasteiger partial charge is 0.308 e. The zero-order valence-corrected chi connectivity index (χ0v) is 9.76. The van der Waals surface area contributed by atoms with Crippen molar-refractivity contribution in [1.82, 2.24) is 9.78 Å². The van der Waals surface area contributed by atoms with Gasteiger partial charge in [0.1, 0.15) is 0 Å². The molecule has 0 aliphatic carbocycles. The maximum Gasteiger partial charge on any atom is 0.308 e. The van der Waals surface area contributed by atoms with Gasteiger partial charge in [0.25, 0.3) is 0 Å². The first-order valence-corrected chi connectivity index (χ1v) is 5.54. The van der Waals surface area contributed by atoms with Crippen molar-refractivity contribution in [3.8, 4) is 5.75 Å². The molecule has 1 heterocycles. The molecule has 0 radical (unpaired) electrons. The average Bonchev–Trinajstić information content (AvgIpc) is 2.33. The SMILES string of the molecule is O=c1c(O)ccnn1CCc1ccc(Cl)cc1. The largest absolute Gasteiger partial charge is 0.503 e. The van der Waals surface area contributed by atoms with Gasteiger partial charge < -0.3 is 5.11 Å². The second-order valence-corrected chi connectivity index (χ2v) is 4.06. The molecule has 5 heteroatoms. The first-order valence-electron chi connectivity index (χ1n) is 5.16. The number of aromatic nitrogens is 2. The summed E-state index contributed by atoms with van der Waals surface area (Å²) in [6.45, 7) is 0.425. The first-order chi connectivity index (χ1) is 8.16. The quantitative estimate of drug-likeness (QED) is 0.905. The van der Waals surface area contributed by atoms with Crippen LogP contribution >= 0.6 is 11.6 Å². The molecule has 1 N–H and O–H groups in total. The van der Waals surface area contributed by atoms with Crippen LogP contribution in [-0.2, 0) is 13.0 Å². The molecule has 4 nitrogen and oxygen atoms in total.